The van der Waals surface area contributed by atoms with Crippen molar-refractivity contribution in [2.45, 2.75) is 6.61 Å². The van der Waals surface area contributed by atoms with Gasteiger partial charge in [-0.15, -0.1) is 0 Å². The fourth-order valence-electron chi connectivity index (χ4n) is 3.38. The van der Waals surface area contributed by atoms with E-state index in [-0.39, 0.29) is 18.3 Å². The number of rotatable bonds is 9. The number of benzene rings is 3. The highest BCUT2D eigenvalue weighted by molar-refractivity contribution is 8.18. The molecule has 3 aromatic carbocycles. The van der Waals surface area contributed by atoms with Gasteiger partial charge in [-0.3, -0.25) is 9.69 Å². The molecule has 35 heavy (non-hydrogen) atoms. The standard InChI is InChI=1S/C27H25FN2O4S/c1-32-16-15-30-26(31)25(35-27(30)29-21-11-13-22(33-2)14-12-21)17-19-7-4-6-10-24(19)34-18-20-8-3-5-9-23(20)28/h3-14,17H,15-16,18H2,1-2H3/b25-17-,29-27?. The quantitative estimate of drug-likeness (QED) is 0.361. The topological polar surface area (TPSA) is 60.4 Å². The Kier molecular flexibility index (Phi) is 8.18. The Bertz CT molecular complexity index is 1240. The van der Waals surface area contributed by atoms with Gasteiger partial charge in [0.15, 0.2) is 5.17 Å². The molecule has 1 saturated heterocycles. The Balaban J connectivity index is 1.59. The molecule has 6 nitrogen and oxygen atoms in total. The molecule has 0 saturated carbocycles. The number of hydrogen-bond donors (Lipinski definition) is 0. The molecule has 1 fully saturated rings. The van der Waals surface area contributed by atoms with E-state index < -0.39 is 0 Å². The second-order valence-corrected chi connectivity index (χ2v) is 8.58. The summed E-state index contributed by atoms with van der Waals surface area (Å²) in [6.07, 6.45) is 1.78. The lowest BCUT2D eigenvalue weighted by Crippen LogP contribution is -2.32. The van der Waals surface area contributed by atoms with Crippen molar-refractivity contribution in [2.75, 3.05) is 27.4 Å². The fourth-order valence-corrected chi connectivity index (χ4v) is 4.40. The Hall–Kier alpha value is -3.62. The van der Waals surface area contributed by atoms with Gasteiger partial charge in [0.05, 0.1) is 30.9 Å². The van der Waals surface area contributed by atoms with E-state index in [2.05, 4.69) is 4.99 Å². The molecule has 180 valence electrons. The first-order valence-electron chi connectivity index (χ1n) is 11.0. The van der Waals surface area contributed by atoms with Gasteiger partial charge in [0.25, 0.3) is 5.91 Å². The summed E-state index contributed by atoms with van der Waals surface area (Å²) in [6.45, 7) is 0.835. The number of aliphatic imine (C=N–C) groups is 1. The van der Waals surface area contributed by atoms with Crippen LogP contribution in [0.4, 0.5) is 10.1 Å². The van der Waals surface area contributed by atoms with Crippen molar-refractivity contribution >= 4 is 34.6 Å². The van der Waals surface area contributed by atoms with E-state index in [4.69, 9.17) is 14.2 Å². The smallest absolute Gasteiger partial charge is 0.266 e. The molecule has 0 spiro atoms. The van der Waals surface area contributed by atoms with Crippen LogP contribution < -0.4 is 9.47 Å². The largest absolute Gasteiger partial charge is 0.497 e. The van der Waals surface area contributed by atoms with Crippen LogP contribution >= 0.6 is 11.8 Å². The molecule has 0 N–H and O–H groups in total. The van der Waals surface area contributed by atoms with Crippen LogP contribution in [0.5, 0.6) is 11.5 Å². The molecule has 4 rings (SSSR count). The van der Waals surface area contributed by atoms with E-state index in [1.54, 1.807) is 49.5 Å². The van der Waals surface area contributed by atoms with Crippen molar-refractivity contribution in [2.24, 2.45) is 4.99 Å². The molecule has 0 radical (unpaired) electrons. The summed E-state index contributed by atoms with van der Waals surface area (Å²) in [5.74, 6) is 0.801. The van der Waals surface area contributed by atoms with Gasteiger partial charge in [-0.1, -0.05) is 36.4 Å². The monoisotopic (exact) mass is 492 g/mol. The zero-order valence-electron chi connectivity index (χ0n) is 19.4. The highest BCUT2D eigenvalue weighted by Gasteiger charge is 2.33. The third-order valence-electron chi connectivity index (χ3n) is 5.25. The van der Waals surface area contributed by atoms with Crippen LogP contribution in [0.1, 0.15) is 11.1 Å². The maximum atomic E-state index is 14.0. The van der Waals surface area contributed by atoms with Crippen LogP contribution in [0.3, 0.4) is 0 Å². The Morgan fingerprint density at radius 3 is 2.49 bits per heavy atom. The van der Waals surface area contributed by atoms with E-state index in [1.165, 1.54) is 17.8 Å². The number of methoxy groups -OCH3 is 2. The molecule has 1 amide bonds. The van der Waals surface area contributed by atoms with Gasteiger partial charge in [0.2, 0.25) is 0 Å². The maximum Gasteiger partial charge on any atom is 0.266 e. The van der Waals surface area contributed by atoms with Gasteiger partial charge in [-0.2, -0.15) is 0 Å². The minimum absolute atomic E-state index is 0.0814. The number of ether oxygens (including phenoxy) is 3. The Morgan fingerprint density at radius 2 is 1.74 bits per heavy atom. The highest BCUT2D eigenvalue weighted by atomic mass is 32.2. The molecule has 1 aliphatic rings. The molecule has 0 bridgehead atoms. The maximum absolute atomic E-state index is 14.0. The average Bonchev–Trinajstić information content (AvgIpc) is 3.17. The van der Waals surface area contributed by atoms with Crippen LogP contribution in [-0.4, -0.2) is 43.3 Å². The number of hydrogen-bond acceptors (Lipinski definition) is 6. The second kappa shape index (κ2) is 11.7. The Morgan fingerprint density at radius 1 is 1.00 bits per heavy atom. The second-order valence-electron chi connectivity index (χ2n) is 7.57. The highest BCUT2D eigenvalue weighted by Crippen LogP contribution is 2.36. The summed E-state index contributed by atoms with van der Waals surface area (Å²) in [7, 11) is 3.20. The molecule has 3 aromatic rings. The van der Waals surface area contributed by atoms with E-state index >= 15 is 0 Å². The van der Waals surface area contributed by atoms with Gasteiger partial charge in [-0.25, -0.2) is 9.38 Å². The van der Waals surface area contributed by atoms with Crippen molar-refractivity contribution in [3.63, 3.8) is 0 Å². The van der Waals surface area contributed by atoms with Gasteiger partial charge < -0.3 is 14.2 Å². The predicted octanol–water partition coefficient (Wildman–Crippen LogP) is 5.66. The number of nitrogens with zero attached hydrogens (tertiary/aromatic N) is 2. The third kappa shape index (κ3) is 6.09. The molecule has 1 aliphatic heterocycles. The summed E-state index contributed by atoms with van der Waals surface area (Å²) in [5.41, 5.74) is 1.89. The number of amidine groups is 1. The summed E-state index contributed by atoms with van der Waals surface area (Å²) in [5, 5.41) is 0.563. The van der Waals surface area contributed by atoms with Crippen molar-refractivity contribution in [3.8, 4) is 11.5 Å². The lowest BCUT2D eigenvalue weighted by molar-refractivity contribution is -0.122. The van der Waals surface area contributed by atoms with E-state index in [0.29, 0.717) is 40.2 Å². The zero-order chi connectivity index (χ0) is 24.6. The van der Waals surface area contributed by atoms with E-state index in [1.807, 2.05) is 42.5 Å². The van der Waals surface area contributed by atoms with Crippen LogP contribution in [-0.2, 0) is 16.1 Å². The summed E-state index contributed by atoms with van der Waals surface area (Å²) in [4.78, 5) is 20.0. The van der Waals surface area contributed by atoms with Crippen LogP contribution in [0.25, 0.3) is 6.08 Å². The fraction of sp³-hybridized carbons (Fsp3) is 0.185. The SMILES string of the molecule is COCCN1C(=O)/C(=C/c2ccccc2OCc2ccccc2F)SC1=Nc1ccc(OC)cc1. The van der Waals surface area contributed by atoms with Crippen molar-refractivity contribution in [3.05, 3.63) is 94.6 Å². The number of halogens is 1. The molecule has 8 heteroatoms. The van der Waals surface area contributed by atoms with Crippen molar-refractivity contribution in [1.29, 1.82) is 0 Å². The summed E-state index contributed by atoms with van der Waals surface area (Å²) >= 11 is 1.29. The summed E-state index contributed by atoms with van der Waals surface area (Å²) < 4.78 is 30.3. The number of para-hydroxylation sites is 1. The van der Waals surface area contributed by atoms with Crippen LogP contribution in [0.2, 0.25) is 0 Å². The lowest BCUT2D eigenvalue weighted by Gasteiger charge is -2.14. The van der Waals surface area contributed by atoms with Crippen molar-refractivity contribution in [1.82, 2.24) is 4.90 Å². The normalized spacial score (nSPS) is 15.7. The predicted molar refractivity (Wildman–Crippen MR) is 136 cm³/mol. The van der Waals surface area contributed by atoms with Gasteiger partial charge in [-0.05, 0) is 54.2 Å². The Labute approximate surface area is 208 Å². The first-order chi connectivity index (χ1) is 17.1. The molecule has 1 heterocycles. The van der Waals surface area contributed by atoms with Gasteiger partial charge >= 0.3 is 0 Å². The van der Waals surface area contributed by atoms with E-state index in [9.17, 15) is 9.18 Å². The number of carbonyl (C=O) groups excluding carboxylic acids is 1. The van der Waals surface area contributed by atoms with Gasteiger partial charge in [0, 0.05) is 18.2 Å². The number of carbonyl (C=O) groups is 1. The molecular weight excluding hydrogens is 467 g/mol. The first-order valence-corrected chi connectivity index (χ1v) is 11.8. The minimum Gasteiger partial charge on any atom is -0.497 e. The van der Waals surface area contributed by atoms with Crippen LogP contribution in [0, 0.1) is 5.82 Å². The minimum atomic E-state index is -0.321. The molecule has 0 aromatic heterocycles. The molecule has 0 aliphatic carbocycles. The molecular formula is C27H25FN2O4S. The lowest BCUT2D eigenvalue weighted by atomic mass is 10.1. The zero-order valence-corrected chi connectivity index (χ0v) is 20.3. The van der Waals surface area contributed by atoms with Crippen molar-refractivity contribution < 1.29 is 23.4 Å². The van der Waals surface area contributed by atoms with Gasteiger partial charge in [0.1, 0.15) is 23.9 Å². The number of thioether (sulfide) groups is 1. The van der Waals surface area contributed by atoms with E-state index in [0.717, 1.165) is 11.3 Å². The summed E-state index contributed by atoms with van der Waals surface area (Å²) in [6, 6.07) is 21.1. The molecule has 0 unspecified atom stereocenters. The average molecular weight is 493 g/mol. The number of amides is 1. The first kappa shape index (κ1) is 24.5. The third-order valence-corrected chi connectivity index (χ3v) is 6.26. The molecule has 0 atom stereocenters. The van der Waals surface area contributed by atoms with Crippen LogP contribution in [0.15, 0.2) is 82.7 Å².